The molecule has 1 aromatic carbocycles. The lowest BCUT2D eigenvalue weighted by Crippen LogP contribution is -2.13. The summed E-state index contributed by atoms with van der Waals surface area (Å²) >= 11 is 0. The summed E-state index contributed by atoms with van der Waals surface area (Å²) in [6.45, 7) is 6.02. The van der Waals surface area contributed by atoms with E-state index in [1.54, 1.807) is 6.07 Å². The molecule has 9 nitrogen and oxygen atoms in total. The topological polar surface area (TPSA) is 110 Å². The number of carbonyl (C=O) groups excluding carboxylic acids is 2. The van der Waals surface area contributed by atoms with Crippen molar-refractivity contribution in [3.63, 3.8) is 0 Å². The molecule has 0 bridgehead atoms. The molecule has 152 valence electrons. The van der Waals surface area contributed by atoms with E-state index in [1.165, 1.54) is 18.2 Å². The summed E-state index contributed by atoms with van der Waals surface area (Å²) < 4.78 is 17.3. The Labute approximate surface area is 166 Å². The number of carbonyl (C=O) groups is 2. The number of aryl methyl sites for hydroxylation is 1. The number of Topliss-reactive ketones (excluding diaryl/α,β-unsaturated/α-hetero) is 1. The van der Waals surface area contributed by atoms with E-state index in [2.05, 4.69) is 0 Å². The van der Waals surface area contributed by atoms with Gasteiger partial charge in [0.2, 0.25) is 12.6 Å². The molecular weight excluding hydrogens is 380 g/mol. The van der Waals surface area contributed by atoms with Crippen LogP contribution >= 0.6 is 0 Å². The van der Waals surface area contributed by atoms with E-state index in [0.717, 1.165) is 24.0 Å². The standard InChI is InChI=1S/C20H20N2O7/c1-4-21-12(2)7-15(13(21)3)17(23)10-27-20(24)6-5-14-8-18-19(29-11-28-18)9-16(14)22(25)26/h5-9H,4,10-11H2,1-3H3/b6-5+. The van der Waals surface area contributed by atoms with Crippen LogP contribution in [-0.2, 0) is 16.1 Å². The number of hydrogen-bond acceptors (Lipinski definition) is 7. The molecule has 0 atom stereocenters. The van der Waals surface area contributed by atoms with Gasteiger partial charge < -0.3 is 18.8 Å². The van der Waals surface area contributed by atoms with E-state index in [4.69, 9.17) is 14.2 Å². The Kier molecular flexibility index (Phi) is 5.67. The SMILES string of the molecule is CCn1c(C)cc(C(=O)COC(=O)/C=C/c2cc3c(cc2[N+](=O)[O-])OCO3)c1C. The number of ether oxygens (including phenoxy) is 3. The lowest BCUT2D eigenvalue weighted by atomic mass is 10.1. The van der Waals surface area contributed by atoms with Crippen LogP contribution in [0.3, 0.4) is 0 Å². The smallest absolute Gasteiger partial charge is 0.331 e. The van der Waals surface area contributed by atoms with Gasteiger partial charge in [-0.3, -0.25) is 14.9 Å². The van der Waals surface area contributed by atoms with Crippen LogP contribution in [-0.4, -0.2) is 34.6 Å². The highest BCUT2D eigenvalue weighted by Crippen LogP contribution is 2.38. The number of esters is 1. The lowest BCUT2D eigenvalue weighted by Gasteiger charge is -2.06. The van der Waals surface area contributed by atoms with E-state index < -0.39 is 17.5 Å². The molecule has 0 aliphatic carbocycles. The number of nitro benzene ring substituents is 1. The van der Waals surface area contributed by atoms with Crippen molar-refractivity contribution in [2.75, 3.05) is 13.4 Å². The van der Waals surface area contributed by atoms with Gasteiger partial charge in [-0.2, -0.15) is 0 Å². The van der Waals surface area contributed by atoms with E-state index >= 15 is 0 Å². The first-order valence-electron chi connectivity index (χ1n) is 8.94. The van der Waals surface area contributed by atoms with Gasteiger partial charge in [-0.1, -0.05) is 0 Å². The summed E-state index contributed by atoms with van der Waals surface area (Å²) in [6, 6.07) is 4.41. The highest BCUT2D eigenvalue weighted by Gasteiger charge is 2.22. The van der Waals surface area contributed by atoms with Gasteiger partial charge in [-0.15, -0.1) is 0 Å². The first-order valence-corrected chi connectivity index (χ1v) is 8.94. The monoisotopic (exact) mass is 400 g/mol. The van der Waals surface area contributed by atoms with Crippen molar-refractivity contribution >= 4 is 23.5 Å². The largest absolute Gasteiger partial charge is 0.454 e. The molecule has 29 heavy (non-hydrogen) atoms. The predicted octanol–water partition coefficient (Wildman–Crippen LogP) is 3.20. The Hall–Kier alpha value is -3.62. The van der Waals surface area contributed by atoms with Crippen LogP contribution in [0.15, 0.2) is 24.3 Å². The summed E-state index contributed by atoms with van der Waals surface area (Å²) in [5, 5.41) is 11.2. The minimum atomic E-state index is -0.783. The van der Waals surface area contributed by atoms with Crippen LogP contribution in [0.2, 0.25) is 0 Å². The van der Waals surface area contributed by atoms with Crippen molar-refractivity contribution in [2.24, 2.45) is 0 Å². The Balaban J connectivity index is 1.68. The fraction of sp³-hybridized carbons (Fsp3) is 0.300. The van der Waals surface area contributed by atoms with Crippen molar-refractivity contribution in [3.05, 3.63) is 56.9 Å². The Morgan fingerprint density at radius 1 is 1.24 bits per heavy atom. The molecule has 2 aromatic rings. The molecule has 0 saturated carbocycles. The molecule has 0 amide bonds. The fourth-order valence-corrected chi connectivity index (χ4v) is 3.23. The molecule has 3 rings (SSSR count). The van der Waals surface area contributed by atoms with Gasteiger partial charge in [-0.05, 0) is 39.0 Å². The van der Waals surface area contributed by atoms with Crippen LogP contribution in [0.1, 0.15) is 34.2 Å². The Morgan fingerprint density at radius 3 is 2.55 bits per heavy atom. The van der Waals surface area contributed by atoms with Gasteiger partial charge in [0.25, 0.3) is 5.69 Å². The molecule has 0 fully saturated rings. The van der Waals surface area contributed by atoms with Gasteiger partial charge in [0.1, 0.15) is 0 Å². The number of benzene rings is 1. The van der Waals surface area contributed by atoms with Crippen molar-refractivity contribution in [2.45, 2.75) is 27.3 Å². The Morgan fingerprint density at radius 2 is 1.93 bits per heavy atom. The first-order chi connectivity index (χ1) is 13.8. The van der Waals surface area contributed by atoms with Crippen molar-refractivity contribution in [3.8, 4) is 11.5 Å². The van der Waals surface area contributed by atoms with Gasteiger partial charge in [-0.25, -0.2) is 4.79 Å². The van der Waals surface area contributed by atoms with Crippen LogP contribution in [0.5, 0.6) is 11.5 Å². The van der Waals surface area contributed by atoms with Crippen LogP contribution in [0.25, 0.3) is 6.08 Å². The Bertz CT molecular complexity index is 1020. The normalized spacial score (nSPS) is 12.4. The van der Waals surface area contributed by atoms with E-state index in [-0.39, 0.29) is 29.6 Å². The maximum atomic E-state index is 12.4. The summed E-state index contributed by atoms with van der Waals surface area (Å²) in [4.78, 5) is 35.0. The summed E-state index contributed by atoms with van der Waals surface area (Å²) in [5.41, 5.74) is 2.20. The summed E-state index contributed by atoms with van der Waals surface area (Å²) in [7, 11) is 0. The number of aromatic nitrogens is 1. The van der Waals surface area contributed by atoms with Gasteiger partial charge in [0.05, 0.1) is 16.6 Å². The maximum Gasteiger partial charge on any atom is 0.331 e. The molecule has 0 spiro atoms. The zero-order valence-electron chi connectivity index (χ0n) is 16.3. The molecule has 0 N–H and O–H groups in total. The second-order valence-electron chi connectivity index (χ2n) is 6.41. The quantitative estimate of drug-likeness (QED) is 0.231. The molecule has 1 aromatic heterocycles. The maximum absolute atomic E-state index is 12.4. The van der Waals surface area contributed by atoms with E-state index in [9.17, 15) is 19.7 Å². The number of hydrogen-bond donors (Lipinski definition) is 0. The highest BCUT2D eigenvalue weighted by molar-refractivity contribution is 6.00. The third-order valence-corrected chi connectivity index (χ3v) is 4.65. The fourth-order valence-electron chi connectivity index (χ4n) is 3.23. The summed E-state index contributed by atoms with van der Waals surface area (Å²) in [5.74, 6) is -0.472. The minimum absolute atomic E-state index is 0.0253. The summed E-state index contributed by atoms with van der Waals surface area (Å²) in [6.07, 6.45) is 2.28. The second-order valence-corrected chi connectivity index (χ2v) is 6.41. The van der Waals surface area contributed by atoms with Gasteiger partial charge >= 0.3 is 5.97 Å². The first kappa shape index (κ1) is 20.1. The number of nitrogens with zero attached hydrogens (tertiary/aromatic N) is 2. The molecule has 1 aliphatic rings. The van der Waals surface area contributed by atoms with E-state index in [0.29, 0.717) is 11.3 Å². The zero-order chi connectivity index (χ0) is 21.1. The molecule has 2 heterocycles. The molecule has 1 aliphatic heterocycles. The second kappa shape index (κ2) is 8.17. The lowest BCUT2D eigenvalue weighted by molar-refractivity contribution is -0.385. The van der Waals surface area contributed by atoms with E-state index in [1.807, 2.05) is 25.3 Å². The van der Waals surface area contributed by atoms with Gasteiger partial charge in [0, 0.05) is 29.6 Å². The molecule has 9 heteroatoms. The number of ketones is 1. The third-order valence-electron chi connectivity index (χ3n) is 4.65. The van der Waals surface area contributed by atoms with Crippen molar-refractivity contribution in [1.82, 2.24) is 4.57 Å². The minimum Gasteiger partial charge on any atom is -0.454 e. The molecule has 0 saturated heterocycles. The average molecular weight is 400 g/mol. The highest BCUT2D eigenvalue weighted by atomic mass is 16.7. The zero-order valence-corrected chi connectivity index (χ0v) is 16.3. The van der Waals surface area contributed by atoms with Crippen molar-refractivity contribution < 1.29 is 28.7 Å². The third kappa shape index (κ3) is 4.13. The van der Waals surface area contributed by atoms with Crippen LogP contribution < -0.4 is 9.47 Å². The molecule has 0 unspecified atom stereocenters. The van der Waals surface area contributed by atoms with Gasteiger partial charge in [0.15, 0.2) is 18.1 Å². The van der Waals surface area contributed by atoms with Crippen LogP contribution in [0, 0.1) is 24.0 Å². The average Bonchev–Trinajstić information content (AvgIpc) is 3.26. The number of nitro groups is 1. The number of fused-ring (bicyclic) bond motifs is 1. The molecular formula is C20H20N2O7. The number of rotatable bonds is 7. The van der Waals surface area contributed by atoms with Crippen molar-refractivity contribution in [1.29, 1.82) is 0 Å². The predicted molar refractivity (Wildman–Crippen MR) is 103 cm³/mol. The van der Waals surface area contributed by atoms with Crippen LogP contribution in [0.4, 0.5) is 5.69 Å². The molecule has 0 radical (unpaired) electrons.